The van der Waals surface area contributed by atoms with E-state index in [4.69, 9.17) is 4.42 Å². The van der Waals surface area contributed by atoms with Gasteiger partial charge in [-0.2, -0.15) is 0 Å². The average molecular weight is 357 g/mol. The number of oxazole rings is 1. The van der Waals surface area contributed by atoms with Gasteiger partial charge in [-0.25, -0.2) is 4.98 Å². The number of aryl methyl sites for hydroxylation is 2. The Labute approximate surface area is 154 Å². The largest absolute Gasteiger partial charge is 0.441 e. The number of hydrogen-bond acceptors (Lipinski definition) is 4. The molecule has 0 saturated carbocycles. The minimum atomic E-state index is -0.145. The maximum absolute atomic E-state index is 12.4. The summed E-state index contributed by atoms with van der Waals surface area (Å²) in [5, 5.41) is 2.80. The molecule has 1 N–H and O–H groups in total. The molecule has 2 amide bonds. The third-order valence-corrected chi connectivity index (χ3v) is 3.96. The third-order valence-electron chi connectivity index (χ3n) is 3.96. The number of rotatable bonds is 8. The van der Waals surface area contributed by atoms with Crippen LogP contribution in [0.1, 0.15) is 38.6 Å². The van der Waals surface area contributed by atoms with E-state index < -0.39 is 0 Å². The molecule has 6 heteroatoms. The van der Waals surface area contributed by atoms with Gasteiger partial charge in [0, 0.05) is 31.0 Å². The normalized spacial score (nSPS) is 10.8. The Balaban J connectivity index is 1.90. The van der Waals surface area contributed by atoms with Gasteiger partial charge in [0.2, 0.25) is 11.8 Å². The fourth-order valence-corrected chi connectivity index (χ4v) is 2.57. The van der Waals surface area contributed by atoms with E-state index in [0.717, 1.165) is 5.56 Å². The highest BCUT2D eigenvalue weighted by molar-refractivity contribution is 5.84. The molecular formula is C20H27N3O3. The van der Waals surface area contributed by atoms with Crippen LogP contribution >= 0.6 is 0 Å². The van der Waals surface area contributed by atoms with Gasteiger partial charge >= 0.3 is 0 Å². The number of carbonyl (C=O) groups is 2. The molecule has 0 fully saturated rings. The van der Waals surface area contributed by atoms with Gasteiger partial charge < -0.3 is 14.6 Å². The van der Waals surface area contributed by atoms with Gasteiger partial charge in [0.1, 0.15) is 0 Å². The quantitative estimate of drug-likeness (QED) is 0.788. The molecule has 0 unspecified atom stereocenters. The molecule has 0 aliphatic rings. The van der Waals surface area contributed by atoms with Crippen LogP contribution in [0.2, 0.25) is 0 Å². The highest BCUT2D eigenvalue weighted by Crippen LogP contribution is 2.21. The van der Waals surface area contributed by atoms with Crippen molar-refractivity contribution in [3.63, 3.8) is 0 Å². The van der Waals surface area contributed by atoms with Crippen molar-refractivity contribution < 1.29 is 14.0 Å². The Bertz CT molecular complexity index is 735. The number of nitrogens with one attached hydrogen (secondary N) is 1. The van der Waals surface area contributed by atoms with Gasteiger partial charge in [-0.05, 0) is 27.7 Å². The monoisotopic (exact) mass is 357 g/mol. The zero-order chi connectivity index (χ0) is 19.1. The summed E-state index contributed by atoms with van der Waals surface area (Å²) in [6.07, 6.45) is 2.35. The minimum absolute atomic E-state index is 0.0591. The van der Waals surface area contributed by atoms with Crippen LogP contribution in [0.4, 0.5) is 0 Å². The molecule has 26 heavy (non-hydrogen) atoms. The van der Waals surface area contributed by atoms with Crippen LogP contribution in [0.3, 0.4) is 0 Å². The number of benzene rings is 1. The zero-order valence-electron chi connectivity index (χ0n) is 15.9. The van der Waals surface area contributed by atoms with Gasteiger partial charge in [-0.1, -0.05) is 29.8 Å². The molecule has 0 aliphatic carbocycles. The van der Waals surface area contributed by atoms with Crippen LogP contribution in [-0.2, 0) is 16.0 Å². The van der Waals surface area contributed by atoms with Crippen LogP contribution in [0, 0.1) is 6.92 Å². The van der Waals surface area contributed by atoms with E-state index in [1.54, 1.807) is 11.1 Å². The van der Waals surface area contributed by atoms with E-state index in [0.29, 0.717) is 24.6 Å². The Morgan fingerprint density at radius 1 is 1.23 bits per heavy atom. The van der Waals surface area contributed by atoms with Gasteiger partial charge in [0.25, 0.3) is 0 Å². The van der Waals surface area contributed by atoms with Crippen LogP contribution in [0.25, 0.3) is 11.3 Å². The molecule has 6 nitrogen and oxygen atoms in total. The number of amides is 2. The summed E-state index contributed by atoms with van der Waals surface area (Å²) in [5.41, 5.74) is 2.14. The lowest BCUT2D eigenvalue weighted by Gasteiger charge is -2.20. The highest BCUT2D eigenvalue weighted by Gasteiger charge is 2.17. The van der Waals surface area contributed by atoms with Crippen molar-refractivity contribution in [3.8, 4) is 11.3 Å². The maximum atomic E-state index is 12.4. The van der Waals surface area contributed by atoms with Gasteiger partial charge in [0.05, 0.1) is 12.7 Å². The zero-order valence-corrected chi connectivity index (χ0v) is 15.9. The number of aromatic nitrogens is 1. The van der Waals surface area contributed by atoms with E-state index in [2.05, 4.69) is 10.3 Å². The molecule has 140 valence electrons. The highest BCUT2D eigenvalue weighted by atomic mass is 16.4. The summed E-state index contributed by atoms with van der Waals surface area (Å²) in [6, 6.07) is 8.06. The van der Waals surface area contributed by atoms with Gasteiger partial charge in [0.15, 0.2) is 11.7 Å². The van der Waals surface area contributed by atoms with E-state index >= 15 is 0 Å². The molecule has 0 aliphatic heterocycles. The number of hydrogen-bond donors (Lipinski definition) is 1. The topological polar surface area (TPSA) is 75.4 Å². The Morgan fingerprint density at radius 2 is 1.92 bits per heavy atom. The van der Waals surface area contributed by atoms with E-state index in [1.165, 1.54) is 5.56 Å². The van der Waals surface area contributed by atoms with Crippen LogP contribution in [0.15, 0.2) is 34.9 Å². The van der Waals surface area contributed by atoms with Crippen LogP contribution < -0.4 is 5.32 Å². The molecular weight excluding hydrogens is 330 g/mol. The molecule has 0 spiro atoms. The summed E-state index contributed by atoms with van der Waals surface area (Å²) in [7, 11) is 0. The molecule has 1 heterocycles. The molecule has 1 aromatic heterocycles. The third kappa shape index (κ3) is 5.72. The number of carbonyl (C=O) groups excluding carboxylic acids is 2. The van der Waals surface area contributed by atoms with Crippen molar-refractivity contribution in [2.24, 2.45) is 0 Å². The summed E-state index contributed by atoms with van der Waals surface area (Å²) < 4.78 is 5.75. The standard InChI is InChI=1S/C20H27N3O3/c1-5-23(13-18(24)22-14(2)3)20(25)11-10-19-21-12-17(26-19)16-8-6-15(4)7-9-16/h6-9,12,14H,5,10-11,13H2,1-4H3,(H,22,24). The summed E-state index contributed by atoms with van der Waals surface area (Å²) >= 11 is 0. The summed E-state index contributed by atoms with van der Waals surface area (Å²) in [6.45, 7) is 8.25. The van der Waals surface area contributed by atoms with Crippen LogP contribution in [0.5, 0.6) is 0 Å². The van der Waals surface area contributed by atoms with Crippen molar-refractivity contribution in [2.75, 3.05) is 13.1 Å². The molecule has 0 saturated heterocycles. The second kappa shape index (κ2) is 9.17. The predicted octanol–water partition coefficient (Wildman–Crippen LogP) is 2.96. The first-order chi connectivity index (χ1) is 12.4. The molecule has 0 radical (unpaired) electrons. The fraction of sp³-hybridized carbons (Fsp3) is 0.450. The smallest absolute Gasteiger partial charge is 0.239 e. The van der Waals surface area contributed by atoms with Crippen molar-refractivity contribution in [3.05, 3.63) is 41.9 Å². The fourth-order valence-electron chi connectivity index (χ4n) is 2.57. The minimum Gasteiger partial charge on any atom is -0.441 e. The number of likely N-dealkylation sites (N-methyl/N-ethyl adjacent to an activating group) is 1. The first kappa shape index (κ1) is 19.7. The number of nitrogens with zero attached hydrogens (tertiary/aromatic N) is 2. The molecule has 2 rings (SSSR count). The second-order valence-corrected chi connectivity index (χ2v) is 6.61. The van der Waals surface area contributed by atoms with E-state index in [1.807, 2.05) is 52.0 Å². The molecule has 0 bridgehead atoms. The summed E-state index contributed by atoms with van der Waals surface area (Å²) in [4.78, 5) is 30.0. The van der Waals surface area contributed by atoms with Crippen molar-refractivity contribution in [1.82, 2.24) is 15.2 Å². The van der Waals surface area contributed by atoms with Crippen molar-refractivity contribution >= 4 is 11.8 Å². The first-order valence-electron chi connectivity index (χ1n) is 8.98. The van der Waals surface area contributed by atoms with E-state index in [-0.39, 0.29) is 30.8 Å². The van der Waals surface area contributed by atoms with Gasteiger partial charge in [-0.15, -0.1) is 0 Å². The first-order valence-corrected chi connectivity index (χ1v) is 8.98. The van der Waals surface area contributed by atoms with Crippen molar-refractivity contribution in [1.29, 1.82) is 0 Å². The Morgan fingerprint density at radius 3 is 2.54 bits per heavy atom. The lowest BCUT2D eigenvalue weighted by atomic mass is 10.1. The van der Waals surface area contributed by atoms with Gasteiger partial charge in [-0.3, -0.25) is 9.59 Å². The van der Waals surface area contributed by atoms with E-state index in [9.17, 15) is 9.59 Å². The lowest BCUT2D eigenvalue weighted by molar-refractivity contribution is -0.136. The second-order valence-electron chi connectivity index (χ2n) is 6.61. The van der Waals surface area contributed by atoms with Crippen molar-refractivity contribution in [2.45, 2.75) is 46.6 Å². The molecule has 0 atom stereocenters. The molecule has 2 aromatic rings. The molecule has 1 aromatic carbocycles. The Hall–Kier alpha value is -2.63. The summed E-state index contributed by atoms with van der Waals surface area (Å²) in [5.74, 6) is 0.988. The average Bonchev–Trinajstić information content (AvgIpc) is 3.06. The SMILES string of the molecule is CCN(CC(=O)NC(C)C)C(=O)CCc1ncc(-c2ccc(C)cc2)o1. The van der Waals surface area contributed by atoms with Crippen LogP contribution in [-0.4, -0.2) is 40.8 Å². The maximum Gasteiger partial charge on any atom is 0.239 e. The Kier molecular flexibility index (Phi) is 6.95. The lowest BCUT2D eigenvalue weighted by Crippen LogP contribution is -2.42. The predicted molar refractivity (Wildman–Crippen MR) is 101 cm³/mol.